The molecule has 0 aliphatic carbocycles. The van der Waals surface area contributed by atoms with E-state index >= 15 is 0 Å². The molecule has 2 unspecified atom stereocenters. The summed E-state index contributed by atoms with van der Waals surface area (Å²) in [6.45, 7) is 3.64. The lowest BCUT2D eigenvalue weighted by molar-refractivity contribution is -0.153. The molecule has 4 rings (SSSR count). The van der Waals surface area contributed by atoms with E-state index in [1.165, 1.54) is 19.2 Å². The van der Waals surface area contributed by atoms with Gasteiger partial charge in [-0.1, -0.05) is 0 Å². The predicted octanol–water partition coefficient (Wildman–Crippen LogP) is 3.14. The Hall–Kier alpha value is -2.08. The second-order valence-electron chi connectivity index (χ2n) is 9.05. The second kappa shape index (κ2) is 8.61. The molecule has 2 saturated heterocycles. The molecule has 182 valence electrons. The normalized spacial score (nSPS) is 28.0. The highest BCUT2D eigenvalue weighted by Crippen LogP contribution is 2.38. The minimum atomic E-state index is -4.55. The summed E-state index contributed by atoms with van der Waals surface area (Å²) >= 11 is 0. The molecule has 0 saturated carbocycles. The van der Waals surface area contributed by atoms with Gasteiger partial charge in [-0.3, -0.25) is 10.3 Å². The molecule has 0 bridgehead atoms. The molecule has 2 aliphatic rings. The molecule has 0 spiro atoms. The lowest BCUT2D eigenvalue weighted by Gasteiger charge is -2.46. The third-order valence-corrected chi connectivity index (χ3v) is 6.10. The molecule has 2 fully saturated rings. The van der Waals surface area contributed by atoms with E-state index in [1.807, 2.05) is 4.90 Å². The van der Waals surface area contributed by atoms with Crippen molar-refractivity contribution in [1.82, 2.24) is 15.6 Å². The minimum Gasteiger partial charge on any atom is -0.373 e. The number of pyridine rings is 1. The number of aliphatic hydroxyl groups is 1. The van der Waals surface area contributed by atoms with Gasteiger partial charge in [0.05, 0.1) is 23.7 Å². The number of fused-ring (bicyclic) bond motifs is 1. The number of alkyl halides is 5. The summed E-state index contributed by atoms with van der Waals surface area (Å²) in [6, 6.07) is 4.88. The average molecular weight is 474 g/mol. The maximum atomic E-state index is 13.8. The zero-order valence-electron chi connectivity index (χ0n) is 18.3. The van der Waals surface area contributed by atoms with Gasteiger partial charge in [0.25, 0.3) is 5.92 Å². The maximum absolute atomic E-state index is 13.8. The van der Waals surface area contributed by atoms with Gasteiger partial charge in [-0.05, 0) is 38.1 Å². The van der Waals surface area contributed by atoms with Gasteiger partial charge in [0.2, 0.25) is 0 Å². The van der Waals surface area contributed by atoms with E-state index in [1.54, 1.807) is 19.1 Å². The number of ether oxygens (including phenoxy) is 1. The fourth-order valence-corrected chi connectivity index (χ4v) is 4.66. The average Bonchev–Trinajstić information content (AvgIpc) is 2.70. The third-order valence-electron chi connectivity index (χ3n) is 6.10. The first-order chi connectivity index (χ1) is 15.4. The number of benzene rings is 1. The van der Waals surface area contributed by atoms with Crippen molar-refractivity contribution in [3.63, 3.8) is 0 Å². The molecule has 4 atom stereocenters. The van der Waals surface area contributed by atoms with Crippen LogP contribution in [0.15, 0.2) is 30.5 Å². The Morgan fingerprint density at radius 1 is 1.24 bits per heavy atom. The monoisotopic (exact) mass is 474 g/mol. The quantitative estimate of drug-likeness (QED) is 0.467. The van der Waals surface area contributed by atoms with Crippen LogP contribution in [0.4, 0.5) is 27.6 Å². The molecule has 3 N–H and O–H groups in total. The first kappa shape index (κ1) is 24.1. The van der Waals surface area contributed by atoms with Crippen LogP contribution in [0.2, 0.25) is 0 Å². The molecule has 0 amide bonds. The van der Waals surface area contributed by atoms with Crippen LogP contribution in [-0.4, -0.2) is 66.2 Å². The molecule has 1 aromatic heterocycles. The van der Waals surface area contributed by atoms with Crippen molar-refractivity contribution in [2.24, 2.45) is 0 Å². The van der Waals surface area contributed by atoms with Gasteiger partial charge in [-0.25, -0.2) is 8.78 Å². The number of piperidine rings is 1. The summed E-state index contributed by atoms with van der Waals surface area (Å²) in [6.07, 6.45) is -4.83. The molecular weight excluding hydrogens is 447 g/mol. The van der Waals surface area contributed by atoms with Crippen molar-refractivity contribution in [2.45, 2.75) is 56.3 Å². The van der Waals surface area contributed by atoms with E-state index < -0.39 is 48.5 Å². The predicted molar refractivity (Wildman–Crippen MR) is 113 cm³/mol. The Labute approximate surface area is 188 Å². The number of hydrogen-bond donors (Lipinski definition) is 3. The van der Waals surface area contributed by atoms with E-state index in [4.69, 9.17) is 4.74 Å². The van der Waals surface area contributed by atoms with E-state index in [9.17, 15) is 27.1 Å². The number of anilines is 1. The van der Waals surface area contributed by atoms with Crippen molar-refractivity contribution < 1.29 is 31.8 Å². The Kier molecular flexibility index (Phi) is 6.27. The summed E-state index contributed by atoms with van der Waals surface area (Å²) in [7, 11) is 0. The number of rotatable bonds is 4. The Bertz CT molecular complexity index is 1000. The Balaban J connectivity index is 1.60. The highest BCUT2D eigenvalue weighted by Gasteiger charge is 2.44. The van der Waals surface area contributed by atoms with Gasteiger partial charge in [0.15, 0.2) is 0 Å². The summed E-state index contributed by atoms with van der Waals surface area (Å²) in [5.74, 6) is -2.88. The number of nitrogens with zero attached hydrogens (tertiary/aromatic N) is 2. The van der Waals surface area contributed by atoms with Crippen molar-refractivity contribution in [2.75, 3.05) is 31.1 Å². The molecule has 2 aliphatic heterocycles. The van der Waals surface area contributed by atoms with Crippen LogP contribution in [0.5, 0.6) is 0 Å². The van der Waals surface area contributed by atoms with Gasteiger partial charge < -0.3 is 20.1 Å². The fraction of sp³-hybridized carbons (Fsp3) is 0.591. The molecule has 1 aromatic carbocycles. The SMILES string of the molecule is C[C@@H]1CN(c2ccc(C(F)(F)F)c3ncccc23)C[C@H](C(C)(O)NC2CNCC(F)(F)C2)O1. The molecule has 11 heteroatoms. The molecule has 33 heavy (non-hydrogen) atoms. The van der Waals surface area contributed by atoms with Crippen molar-refractivity contribution >= 4 is 16.6 Å². The number of hydrogen-bond acceptors (Lipinski definition) is 6. The molecular formula is C22H27F5N4O2. The molecule has 3 heterocycles. The van der Waals surface area contributed by atoms with Crippen molar-refractivity contribution in [1.29, 1.82) is 0 Å². The Morgan fingerprint density at radius 2 is 2.00 bits per heavy atom. The lowest BCUT2D eigenvalue weighted by atomic mass is 9.98. The number of nitrogens with one attached hydrogen (secondary N) is 2. The van der Waals surface area contributed by atoms with Gasteiger partial charge >= 0.3 is 6.18 Å². The summed E-state index contributed by atoms with van der Waals surface area (Å²) < 4.78 is 73.9. The van der Waals surface area contributed by atoms with Crippen LogP contribution in [-0.2, 0) is 10.9 Å². The minimum absolute atomic E-state index is 0.149. The molecule has 0 radical (unpaired) electrons. The Morgan fingerprint density at radius 3 is 2.70 bits per heavy atom. The van der Waals surface area contributed by atoms with Crippen LogP contribution >= 0.6 is 0 Å². The van der Waals surface area contributed by atoms with Crippen LogP contribution in [0.1, 0.15) is 25.8 Å². The zero-order valence-corrected chi connectivity index (χ0v) is 18.3. The second-order valence-corrected chi connectivity index (χ2v) is 9.05. The first-order valence-electron chi connectivity index (χ1n) is 10.8. The van der Waals surface area contributed by atoms with Crippen molar-refractivity contribution in [3.8, 4) is 0 Å². The lowest BCUT2D eigenvalue weighted by Crippen LogP contribution is -2.66. The zero-order chi connectivity index (χ0) is 24.0. The van der Waals surface area contributed by atoms with E-state index in [0.29, 0.717) is 17.6 Å². The largest absolute Gasteiger partial charge is 0.418 e. The van der Waals surface area contributed by atoms with E-state index in [-0.39, 0.29) is 24.7 Å². The van der Waals surface area contributed by atoms with Crippen LogP contribution in [0, 0.1) is 0 Å². The van der Waals surface area contributed by atoms with Gasteiger partial charge in [0.1, 0.15) is 11.8 Å². The first-order valence-corrected chi connectivity index (χ1v) is 10.8. The topological polar surface area (TPSA) is 69.7 Å². The van der Waals surface area contributed by atoms with Crippen molar-refractivity contribution in [3.05, 3.63) is 36.0 Å². The van der Waals surface area contributed by atoms with Gasteiger partial charge in [-0.2, -0.15) is 13.2 Å². The number of morpholine rings is 1. The molecule has 6 nitrogen and oxygen atoms in total. The fourth-order valence-electron chi connectivity index (χ4n) is 4.66. The maximum Gasteiger partial charge on any atom is 0.418 e. The molecule has 2 aromatic rings. The van der Waals surface area contributed by atoms with Gasteiger partial charge in [-0.15, -0.1) is 0 Å². The van der Waals surface area contributed by atoms with Gasteiger partial charge in [0, 0.05) is 49.4 Å². The third kappa shape index (κ3) is 5.21. The highest BCUT2D eigenvalue weighted by atomic mass is 19.4. The number of aromatic nitrogens is 1. The van der Waals surface area contributed by atoms with Crippen LogP contribution < -0.4 is 15.5 Å². The van der Waals surface area contributed by atoms with Crippen LogP contribution in [0.25, 0.3) is 10.9 Å². The summed E-state index contributed by atoms with van der Waals surface area (Å²) in [5, 5.41) is 17.0. The van der Waals surface area contributed by atoms with E-state index in [2.05, 4.69) is 15.6 Å². The van der Waals surface area contributed by atoms with Crippen LogP contribution in [0.3, 0.4) is 0 Å². The van der Waals surface area contributed by atoms with E-state index in [0.717, 1.165) is 6.07 Å². The smallest absolute Gasteiger partial charge is 0.373 e. The number of halogens is 5. The summed E-state index contributed by atoms with van der Waals surface area (Å²) in [4.78, 5) is 5.80. The standard InChI is InChI=1S/C22H27F5N4O2/c1-13-10-31(17-6-5-16(22(25,26)27)19-15(17)4-3-7-29-19)11-18(33-13)20(2,32)30-14-8-21(23,24)12-28-9-14/h3-7,13-14,18,28,30,32H,8-12H2,1-2H3/t13-,14?,18-,20?/m1/s1. The highest BCUT2D eigenvalue weighted by molar-refractivity contribution is 5.94. The summed E-state index contributed by atoms with van der Waals surface area (Å²) in [5.41, 5.74) is -2.09.